The number of morpholine rings is 1. The summed E-state index contributed by atoms with van der Waals surface area (Å²) in [5.74, 6) is 1.74. The maximum Gasteiger partial charge on any atom is 0.191 e. The van der Waals surface area contributed by atoms with Crippen LogP contribution in [0.25, 0.3) is 0 Å². The molecule has 0 aromatic rings. The van der Waals surface area contributed by atoms with Gasteiger partial charge in [0.2, 0.25) is 0 Å². The summed E-state index contributed by atoms with van der Waals surface area (Å²) in [6.45, 7) is 10.8. The lowest BCUT2D eigenvalue weighted by Crippen LogP contribution is -2.46. The van der Waals surface area contributed by atoms with E-state index in [0.717, 1.165) is 44.5 Å². The Balaban J connectivity index is 0.00000220. The van der Waals surface area contributed by atoms with Gasteiger partial charge < -0.3 is 15.4 Å². The van der Waals surface area contributed by atoms with E-state index in [2.05, 4.69) is 41.3 Å². The lowest BCUT2D eigenvalue weighted by atomic mass is 10.2. The summed E-state index contributed by atoms with van der Waals surface area (Å²) in [5, 5.41) is 6.85. The maximum atomic E-state index is 5.75. The second-order valence-corrected chi connectivity index (χ2v) is 6.33. The molecule has 6 heteroatoms. The molecule has 0 aromatic heterocycles. The van der Waals surface area contributed by atoms with Crippen LogP contribution >= 0.6 is 24.0 Å². The number of nitrogens with one attached hydrogen (secondary N) is 2. The first-order valence-electron chi connectivity index (χ1n) is 7.93. The fraction of sp³-hybridized carbons (Fsp3) is 0.933. The van der Waals surface area contributed by atoms with Gasteiger partial charge in [-0.2, -0.15) is 0 Å². The minimum Gasteiger partial charge on any atom is -0.373 e. The third-order valence-corrected chi connectivity index (χ3v) is 4.09. The molecule has 2 N–H and O–H groups in total. The van der Waals surface area contributed by atoms with Gasteiger partial charge in [-0.3, -0.25) is 9.89 Å². The zero-order chi connectivity index (χ0) is 14.5. The Labute approximate surface area is 146 Å². The SMILES string of the molecule is CN=C(NCCCN1CC(C)OC(C)C1)NC1CC1C.I. The predicted octanol–water partition coefficient (Wildman–Crippen LogP) is 1.68. The van der Waals surface area contributed by atoms with E-state index < -0.39 is 0 Å². The molecule has 4 atom stereocenters. The van der Waals surface area contributed by atoms with Crippen LogP contribution in [0.4, 0.5) is 0 Å². The zero-order valence-corrected chi connectivity index (χ0v) is 16.1. The van der Waals surface area contributed by atoms with Gasteiger partial charge in [-0.15, -0.1) is 24.0 Å². The average Bonchev–Trinajstić information content (AvgIpc) is 3.07. The molecule has 124 valence electrons. The van der Waals surface area contributed by atoms with Crippen molar-refractivity contribution in [2.45, 2.75) is 51.9 Å². The van der Waals surface area contributed by atoms with E-state index in [4.69, 9.17) is 4.74 Å². The van der Waals surface area contributed by atoms with Crippen molar-refractivity contribution < 1.29 is 4.74 Å². The highest BCUT2D eigenvalue weighted by atomic mass is 127. The van der Waals surface area contributed by atoms with Crippen LogP contribution in [0.5, 0.6) is 0 Å². The minimum atomic E-state index is 0. The van der Waals surface area contributed by atoms with Gasteiger partial charge in [0.05, 0.1) is 12.2 Å². The molecule has 4 unspecified atom stereocenters. The summed E-state index contributed by atoms with van der Waals surface area (Å²) >= 11 is 0. The quantitative estimate of drug-likeness (QED) is 0.314. The number of ether oxygens (including phenoxy) is 1. The highest BCUT2D eigenvalue weighted by Gasteiger charge is 2.33. The van der Waals surface area contributed by atoms with E-state index in [1.54, 1.807) is 0 Å². The van der Waals surface area contributed by atoms with E-state index in [0.29, 0.717) is 18.2 Å². The molecule has 1 aliphatic carbocycles. The van der Waals surface area contributed by atoms with Gasteiger partial charge in [0.1, 0.15) is 0 Å². The lowest BCUT2D eigenvalue weighted by Gasteiger charge is -2.35. The van der Waals surface area contributed by atoms with Crippen molar-refractivity contribution in [2.24, 2.45) is 10.9 Å². The largest absolute Gasteiger partial charge is 0.373 e. The highest BCUT2D eigenvalue weighted by Crippen LogP contribution is 2.28. The summed E-state index contributed by atoms with van der Waals surface area (Å²) < 4.78 is 5.75. The molecule has 1 saturated heterocycles. The Morgan fingerprint density at radius 3 is 2.38 bits per heavy atom. The molecule has 21 heavy (non-hydrogen) atoms. The lowest BCUT2D eigenvalue weighted by molar-refractivity contribution is -0.0679. The molecule has 0 spiro atoms. The Bertz CT molecular complexity index is 330. The summed E-state index contributed by atoms with van der Waals surface area (Å²) in [4.78, 5) is 6.77. The molecule has 1 heterocycles. The maximum absolute atomic E-state index is 5.75. The molecule has 2 rings (SSSR count). The van der Waals surface area contributed by atoms with Gasteiger partial charge in [-0.05, 0) is 32.6 Å². The first kappa shape index (κ1) is 19.0. The highest BCUT2D eigenvalue weighted by molar-refractivity contribution is 14.0. The van der Waals surface area contributed by atoms with Gasteiger partial charge in [0.15, 0.2) is 5.96 Å². The van der Waals surface area contributed by atoms with Gasteiger partial charge >= 0.3 is 0 Å². The van der Waals surface area contributed by atoms with E-state index >= 15 is 0 Å². The Morgan fingerprint density at radius 2 is 1.86 bits per heavy atom. The number of halogens is 1. The van der Waals surface area contributed by atoms with Crippen LogP contribution in [0.15, 0.2) is 4.99 Å². The van der Waals surface area contributed by atoms with Crippen LogP contribution in [-0.2, 0) is 4.74 Å². The second-order valence-electron chi connectivity index (χ2n) is 6.33. The fourth-order valence-electron chi connectivity index (χ4n) is 2.87. The van der Waals surface area contributed by atoms with Crippen molar-refractivity contribution in [1.82, 2.24) is 15.5 Å². The zero-order valence-electron chi connectivity index (χ0n) is 13.8. The molecule has 1 aliphatic heterocycles. The third-order valence-electron chi connectivity index (χ3n) is 4.09. The number of hydrogen-bond donors (Lipinski definition) is 2. The van der Waals surface area contributed by atoms with Crippen LogP contribution in [0, 0.1) is 5.92 Å². The molecule has 2 fully saturated rings. The summed E-state index contributed by atoms with van der Waals surface area (Å²) in [6.07, 6.45) is 3.12. The Kier molecular flexibility index (Phi) is 8.26. The molecule has 5 nitrogen and oxygen atoms in total. The van der Waals surface area contributed by atoms with Crippen molar-refractivity contribution in [3.05, 3.63) is 0 Å². The van der Waals surface area contributed by atoms with Crippen molar-refractivity contribution in [1.29, 1.82) is 0 Å². The Hall–Kier alpha value is -0.0800. The Morgan fingerprint density at radius 1 is 1.24 bits per heavy atom. The van der Waals surface area contributed by atoms with Crippen LogP contribution < -0.4 is 10.6 Å². The predicted molar refractivity (Wildman–Crippen MR) is 98.5 cm³/mol. The monoisotopic (exact) mass is 410 g/mol. The standard InChI is InChI=1S/C15H30N4O.HI/c1-11-8-14(11)18-15(16-4)17-6-5-7-19-9-12(2)20-13(3)10-19;/h11-14H,5-10H2,1-4H3,(H2,16,17,18);1H. The van der Waals surface area contributed by atoms with E-state index in [9.17, 15) is 0 Å². The number of aliphatic imine (C=N–C) groups is 1. The average molecular weight is 410 g/mol. The molecule has 2 aliphatic rings. The van der Waals surface area contributed by atoms with Gasteiger partial charge in [0.25, 0.3) is 0 Å². The fourth-order valence-corrected chi connectivity index (χ4v) is 2.87. The van der Waals surface area contributed by atoms with Gasteiger partial charge in [-0.25, -0.2) is 0 Å². The molecular weight excluding hydrogens is 379 g/mol. The van der Waals surface area contributed by atoms with Crippen molar-refractivity contribution in [2.75, 3.05) is 33.2 Å². The van der Waals surface area contributed by atoms with Gasteiger partial charge in [-0.1, -0.05) is 6.92 Å². The molecule has 1 saturated carbocycles. The van der Waals surface area contributed by atoms with Crippen LogP contribution in [-0.4, -0.2) is 62.3 Å². The molecule has 0 aromatic carbocycles. The first-order chi connectivity index (χ1) is 9.58. The molecule has 0 amide bonds. The summed E-state index contributed by atoms with van der Waals surface area (Å²) in [7, 11) is 1.84. The van der Waals surface area contributed by atoms with Crippen LogP contribution in [0.1, 0.15) is 33.6 Å². The number of nitrogens with zero attached hydrogens (tertiary/aromatic N) is 2. The number of rotatable bonds is 5. The van der Waals surface area contributed by atoms with Crippen LogP contribution in [0.2, 0.25) is 0 Å². The van der Waals surface area contributed by atoms with E-state index in [1.807, 2.05) is 7.05 Å². The van der Waals surface area contributed by atoms with Crippen LogP contribution in [0.3, 0.4) is 0 Å². The van der Waals surface area contributed by atoms with Crippen molar-refractivity contribution in [3.8, 4) is 0 Å². The molecule has 0 bridgehead atoms. The normalized spacial score (nSPS) is 33.2. The van der Waals surface area contributed by atoms with Gasteiger partial charge in [0, 0.05) is 39.3 Å². The second kappa shape index (κ2) is 9.15. The smallest absolute Gasteiger partial charge is 0.191 e. The summed E-state index contributed by atoms with van der Waals surface area (Å²) in [6, 6.07) is 0.627. The number of guanidine groups is 1. The topological polar surface area (TPSA) is 48.9 Å². The van der Waals surface area contributed by atoms with Crippen molar-refractivity contribution >= 4 is 29.9 Å². The van der Waals surface area contributed by atoms with Crippen molar-refractivity contribution in [3.63, 3.8) is 0 Å². The summed E-state index contributed by atoms with van der Waals surface area (Å²) in [5.41, 5.74) is 0. The first-order valence-corrected chi connectivity index (χ1v) is 7.93. The van der Waals surface area contributed by atoms with E-state index in [-0.39, 0.29) is 24.0 Å². The number of hydrogen-bond acceptors (Lipinski definition) is 3. The minimum absolute atomic E-state index is 0. The third kappa shape index (κ3) is 6.69. The molecule has 0 radical (unpaired) electrons. The molecular formula is C15H31IN4O. The van der Waals surface area contributed by atoms with E-state index in [1.165, 1.54) is 6.42 Å².